The molecule has 0 saturated heterocycles. The van der Waals surface area contributed by atoms with Gasteiger partial charge in [0.2, 0.25) is 0 Å². The summed E-state index contributed by atoms with van der Waals surface area (Å²) in [5, 5.41) is 5.29. The van der Waals surface area contributed by atoms with E-state index in [1.54, 1.807) is 24.3 Å². The van der Waals surface area contributed by atoms with Crippen molar-refractivity contribution in [2.24, 2.45) is 16.6 Å². The smallest absolute Gasteiger partial charge is 0.119 e. The van der Waals surface area contributed by atoms with Crippen LogP contribution in [0, 0.1) is 5.92 Å². The molecule has 148 valence electrons. The summed E-state index contributed by atoms with van der Waals surface area (Å²) >= 11 is 25.5. The summed E-state index contributed by atoms with van der Waals surface area (Å²) in [6, 6.07) is 10.2. The number of aliphatic imine (C=N–C) groups is 1. The second-order valence-electron chi connectivity index (χ2n) is 7.19. The summed E-state index contributed by atoms with van der Waals surface area (Å²) in [4.78, 5) is 4.70. The lowest BCUT2D eigenvalue weighted by molar-refractivity contribution is 0.559. The van der Waals surface area contributed by atoms with E-state index in [9.17, 15) is 0 Å². The summed E-state index contributed by atoms with van der Waals surface area (Å²) in [5.74, 6) is 1.08. The molecule has 0 spiro atoms. The summed E-state index contributed by atoms with van der Waals surface area (Å²) in [6.07, 6.45) is 3.80. The molecule has 0 aliphatic carbocycles. The first-order valence-electron chi connectivity index (χ1n) is 8.91. The fourth-order valence-corrected chi connectivity index (χ4v) is 4.53. The molecule has 28 heavy (non-hydrogen) atoms. The zero-order valence-corrected chi connectivity index (χ0v) is 18.5. The minimum absolute atomic E-state index is 0.403. The third kappa shape index (κ3) is 4.05. The Morgan fingerprint density at radius 3 is 2.00 bits per heavy atom. The molecular weight excluding hydrogens is 436 g/mol. The van der Waals surface area contributed by atoms with Crippen LogP contribution in [0.4, 0.5) is 0 Å². The summed E-state index contributed by atoms with van der Waals surface area (Å²) in [6.45, 7) is 4.86. The molecule has 7 heteroatoms. The van der Waals surface area contributed by atoms with Crippen LogP contribution in [0.15, 0.2) is 53.7 Å². The molecule has 3 nitrogen and oxygen atoms in total. The van der Waals surface area contributed by atoms with Gasteiger partial charge in [-0.05, 0) is 47.5 Å². The van der Waals surface area contributed by atoms with Crippen molar-refractivity contribution in [3.8, 4) is 0 Å². The Kier molecular flexibility index (Phi) is 6.63. The Bertz CT molecular complexity index is 886. The molecule has 1 heterocycles. The van der Waals surface area contributed by atoms with Gasteiger partial charge in [0, 0.05) is 26.6 Å². The molecule has 2 aromatic rings. The van der Waals surface area contributed by atoms with E-state index in [0.29, 0.717) is 38.4 Å². The molecule has 1 aliphatic rings. The maximum absolute atomic E-state index is 6.79. The predicted octanol–water partition coefficient (Wildman–Crippen LogP) is 6.09. The minimum atomic E-state index is -0.829. The van der Waals surface area contributed by atoms with Crippen molar-refractivity contribution >= 4 is 52.2 Å². The van der Waals surface area contributed by atoms with Crippen LogP contribution in [0.5, 0.6) is 0 Å². The number of rotatable bonds is 4. The van der Waals surface area contributed by atoms with E-state index in [2.05, 4.69) is 19.2 Å². The van der Waals surface area contributed by atoms with Crippen molar-refractivity contribution in [1.82, 2.24) is 5.32 Å². The Hall–Kier alpha value is -1.23. The topological polar surface area (TPSA) is 50.4 Å². The average Bonchev–Trinajstić information content (AvgIpc) is 2.61. The van der Waals surface area contributed by atoms with Crippen molar-refractivity contribution in [3.63, 3.8) is 0 Å². The number of nitrogens with one attached hydrogen (secondary N) is 1. The van der Waals surface area contributed by atoms with Crippen LogP contribution in [0.1, 0.15) is 25.0 Å². The first-order chi connectivity index (χ1) is 13.3. The second-order valence-corrected chi connectivity index (χ2v) is 8.88. The maximum atomic E-state index is 6.79. The average molecular weight is 457 g/mol. The zero-order chi connectivity index (χ0) is 20.5. The van der Waals surface area contributed by atoms with E-state index in [-0.39, 0.29) is 0 Å². The number of benzene rings is 2. The third-order valence-electron chi connectivity index (χ3n) is 4.74. The van der Waals surface area contributed by atoms with Gasteiger partial charge >= 0.3 is 0 Å². The predicted molar refractivity (Wildman–Crippen MR) is 121 cm³/mol. The standard InChI is InChI=1S/C21H21Cl4N3/c1-12(2)11-28-20-19(26)21(7-8-27-20,15-5-3-13(22)9-17(15)24)16-6-4-14(23)10-18(16)25/h3-10,12,19H,11,26H2,1-2H3,(H,27,28). The third-order valence-corrected chi connectivity index (χ3v) is 5.84. The lowest BCUT2D eigenvalue weighted by atomic mass is 9.67. The van der Waals surface area contributed by atoms with Crippen LogP contribution in [-0.4, -0.2) is 18.4 Å². The Morgan fingerprint density at radius 2 is 1.54 bits per heavy atom. The van der Waals surface area contributed by atoms with Gasteiger partial charge in [-0.3, -0.25) is 4.99 Å². The van der Waals surface area contributed by atoms with Crippen LogP contribution in [0.2, 0.25) is 20.1 Å². The molecule has 0 fully saturated rings. The molecule has 0 bridgehead atoms. The Labute approximate surface area is 185 Å². The normalized spacial score (nSPS) is 19.9. The maximum Gasteiger partial charge on any atom is 0.119 e. The highest BCUT2D eigenvalue weighted by Gasteiger charge is 2.45. The van der Waals surface area contributed by atoms with E-state index < -0.39 is 11.5 Å². The van der Waals surface area contributed by atoms with E-state index in [1.807, 2.05) is 24.4 Å². The second kappa shape index (κ2) is 8.64. The minimum Gasteiger partial charge on any atom is -0.349 e. The molecule has 1 unspecified atom stereocenters. The SMILES string of the molecule is CC(C)CN=C1NC=CC(c2ccc(Cl)cc2Cl)(c2ccc(Cl)cc2Cl)C1N. The fourth-order valence-electron chi connectivity index (χ4n) is 3.40. The lowest BCUT2D eigenvalue weighted by Crippen LogP contribution is -2.56. The quantitative estimate of drug-likeness (QED) is 0.585. The van der Waals surface area contributed by atoms with Gasteiger partial charge in [0.25, 0.3) is 0 Å². The van der Waals surface area contributed by atoms with Crippen LogP contribution in [0.3, 0.4) is 0 Å². The molecule has 0 amide bonds. The Balaban J connectivity index is 2.27. The van der Waals surface area contributed by atoms with E-state index in [0.717, 1.165) is 11.1 Å². The molecule has 2 aromatic carbocycles. The van der Waals surface area contributed by atoms with Gasteiger partial charge in [0.15, 0.2) is 0 Å². The van der Waals surface area contributed by atoms with Gasteiger partial charge in [0.05, 0.1) is 11.5 Å². The molecule has 0 aromatic heterocycles. The van der Waals surface area contributed by atoms with E-state index in [4.69, 9.17) is 57.1 Å². The van der Waals surface area contributed by atoms with E-state index >= 15 is 0 Å². The van der Waals surface area contributed by atoms with E-state index in [1.165, 1.54) is 0 Å². The highest BCUT2D eigenvalue weighted by Crippen LogP contribution is 2.45. The molecule has 0 saturated carbocycles. The van der Waals surface area contributed by atoms with Gasteiger partial charge in [-0.2, -0.15) is 0 Å². The molecule has 3 rings (SSSR count). The van der Waals surface area contributed by atoms with Gasteiger partial charge in [0.1, 0.15) is 5.84 Å². The highest BCUT2D eigenvalue weighted by atomic mass is 35.5. The lowest BCUT2D eigenvalue weighted by Gasteiger charge is -2.41. The first-order valence-corrected chi connectivity index (χ1v) is 10.4. The number of amidine groups is 1. The van der Waals surface area contributed by atoms with Crippen LogP contribution >= 0.6 is 46.4 Å². The van der Waals surface area contributed by atoms with Crippen LogP contribution in [0.25, 0.3) is 0 Å². The van der Waals surface area contributed by atoms with Crippen molar-refractivity contribution < 1.29 is 0 Å². The summed E-state index contributed by atoms with van der Waals surface area (Å²) in [7, 11) is 0. The molecule has 1 aliphatic heterocycles. The molecular formula is C21H21Cl4N3. The van der Waals surface area contributed by atoms with Crippen molar-refractivity contribution in [1.29, 1.82) is 0 Å². The van der Waals surface area contributed by atoms with Crippen molar-refractivity contribution in [2.75, 3.05) is 6.54 Å². The Morgan fingerprint density at radius 1 is 1.00 bits per heavy atom. The number of hydrogen-bond donors (Lipinski definition) is 2. The molecule has 3 N–H and O–H groups in total. The summed E-state index contributed by atoms with van der Waals surface area (Å²) < 4.78 is 0. The monoisotopic (exact) mass is 455 g/mol. The number of hydrogen-bond acceptors (Lipinski definition) is 2. The van der Waals surface area contributed by atoms with Gasteiger partial charge < -0.3 is 11.1 Å². The number of nitrogens with two attached hydrogens (primary N) is 1. The zero-order valence-electron chi connectivity index (χ0n) is 15.5. The van der Waals surface area contributed by atoms with Crippen molar-refractivity contribution in [2.45, 2.75) is 25.3 Å². The number of halogens is 4. The largest absolute Gasteiger partial charge is 0.349 e. The van der Waals surface area contributed by atoms with Gasteiger partial charge in [-0.15, -0.1) is 0 Å². The summed E-state index contributed by atoms with van der Waals surface area (Å²) in [5.41, 5.74) is 7.56. The fraction of sp³-hybridized carbons (Fsp3) is 0.286. The van der Waals surface area contributed by atoms with Crippen LogP contribution in [-0.2, 0) is 5.41 Å². The van der Waals surface area contributed by atoms with Gasteiger partial charge in [-0.1, -0.05) is 78.5 Å². The van der Waals surface area contributed by atoms with Crippen LogP contribution < -0.4 is 11.1 Å². The highest BCUT2D eigenvalue weighted by molar-refractivity contribution is 6.36. The van der Waals surface area contributed by atoms with Crippen molar-refractivity contribution in [3.05, 3.63) is 79.9 Å². The first kappa shape index (κ1) is 21.5. The number of nitrogens with zero attached hydrogens (tertiary/aromatic N) is 1. The molecule has 0 radical (unpaired) electrons. The molecule has 1 atom stereocenters. The van der Waals surface area contributed by atoms with Gasteiger partial charge in [-0.25, -0.2) is 0 Å².